The van der Waals surface area contributed by atoms with Crippen LogP contribution in [-0.4, -0.2) is 30.9 Å². The number of hydrogen-bond acceptors (Lipinski definition) is 3. The molecular formula is C9H18ClN3O2. The van der Waals surface area contributed by atoms with Crippen LogP contribution in [-0.2, 0) is 9.59 Å². The fraction of sp³-hybridized carbons (Fsp3) is 0.778. The first-order valence-corrected chi connectivity index (χ1v) is 4.90. The van der Waals surface area contributed by atoms with Crippen molar-refractivity contribution in [1.29, 1.82) is 0 Å². The van der Waals surface area contributed by atoms with Gasteiger partial charge in [0.1, 0.15) is 0 Å². The first-order valence-electron chi connectivity index (χ1n) is 4.90. The zero-order valence-electron chi connectivity index (χ0n) is 8.79. The molecule has 1 aliphatic rings. The van der Waals surface area contributed by atoms with Gasteiger partial charge in [0.05, 0.1) is 12.5 Å². The van der Waals surface area contributed by atoms with Crippen LogP contribution in [0.5, 0.6) is 0 Å². The summed E-state index contributed by atoms with van der Waals surface area (Å²) in [5.74, 6) is -0.624. The van der Waals surface area contributed by atoms with Crippen molar-refractivity contribution in [1.82, 2.24) is 10.6 Å². The number of halogens is 1. The molecule has 0 saturated carbocycles. The molecular weight excluding hydrogens is 218 g/mol. The number of piperidine rings is 1. The molecule has 5 nitrogen and oxygen atoms in total. The van der Waals surface area contributed by atoms with E-state index in [2.05, 4.69) is 10.6 Å². The summed E-state index contributed by atoms with van der Waals surface area (Å²) in [7, 11) is 0. The molecule has 88 valence electrons. The van der Waals surface area contributed by atoms with E-state index in [9.17, 15) is 9.59 Å². The summed E-state index contributed by atoms with van der Waals surface area (Å²) >= 11 is 0. The summed E-state index contributed by atoms with van der Waals surface area (Å²) in [6.07, 6.45) is 1.87. The minimum atomic E-state index is -0.505. The predicted molar refractivity (Wildman–Crippen MR) is 59.6 cm³/mol. The molecule has 1 fully saturated rings. The smallest absolute Gasteiger partial charge is 0.236 e. The number of hydrogen-bond donors (Lipinski definition) is 3. The van der Waals surface area contributed by atoms with Gasteiger partial charge in [-0.1, -0.05) is 0 Å². The van der Waals surface area contributed by atoms with Gasteiger partial charge in [-0.15, -0.1) is 12.4 Å². The monoisotopic (exact) mass is 235 g/mol. The van der Waals surface area contributed by atoms with E-state index in [1.165, 1.54) is 0 Å². The van der Waals surface area contributed by atoms with Gasteiger partial charge in [-0.25, -0.2) is 0 Å². The van der Waals surface area contributed by atoms with Crippen LogP contribution >= 0.6 is 12.4 Å². The normalized spacial score (nSPS) is 25.1. The number of amides is 2. The number of carbonyl (C=O) groups is 2. The Balaban J connectivity index is 0.00000196. The molecule has 0 unspecified atom stereocenters. The van der Waals surface area contributed by atoms with E-state index in [4.69, 9.17) is 5.73 Å². The van der Waals surface area contributed by atoms with Crippen LogP contribution < -0.4 is 16.4 Å². The van der Waals surface area contributed by atoms with Crippen LogP contribution in [0.15, 0.2) is 0 Å². The zero-order valence-corrected chi connectivity index (χ0v) is 9.60. The molecule has 0 bridgehead atoms. The second kappa shape index (κ2) is 6.63. The number of nitrogens with two attached hydrogens (primary N) is 1. The topological polar surface area (TPSA) is 84.2 Å². The van der Waals surface area contributed by atoms with Gasteiger partial charge < -0.3 is 16.4 Å². The third kappa shape index (κ3) is 4.48. The summed E-state index contributed by atoms with van der Waals surface area (Å²) in [6.45, 7) is 2.87. The molecule has 0 spiro atoms. The maximum Gasteiger partial charge on any atom is 0.236 e. The summed E-state index contributed by atoms with van der Waals surface area (Å²) < 4.78 is 0. The molecule has 1 heterocycles. The lowest BCUT2D eigenvalue weighted by Crippen LogP contribution is -2.48. The number of carbonyl (C=O) groups excluding carboxylic acids is 2. The van der Waals surface area contributed by atoms with E-state index < -0.39 is 5.91 Å². The Hall–Kier alpha value is -0.810. The minimum absolute atomic E-state index is 0. The molecule has 0 aliphatic carbocycles. The average molecular weight is 236 g/mol. The molecule has 0 aromatic heterocycles. The molecule has 0 aromatic rings. The van der Waals surface area contributed by atoms with Gasteiger partial charge in [0.15, 0.2) is 0 Å². The highest BCUT2D eigenvalue weighted by Gasteiger charge is 2.27. The predicted octanol–water partition coefficient (Wildman–Crippen LogP) is -0.602. The van der Waals surface area contributed by atoms with E-state index in [0.717, 1.165) is 19.4 Å². The van der Waals surface area contributed by atoms with Gasteiger partial charge in [-0.2, -0.15) is 0 Å². The fourth-order valence-corrected chi connectivity index (χ4v) is 1.71. The molecule has 0 aromatic carbocycles. The molecule has 0 radical (unpaired) electrons. The second-order valence-corrected chi connectivity index (χ2v) is 3.68. The van der Waals surface area contributed by atoms with Crippen LogP contribution in [0.4, 0.5) is 0 Å². The highest BCUT2D eigenvalue weighted by Crippen LogP contribution is 2.15. The molecule has 2 atom stereocenters. The third-order valence-corrected chi connectivity index (χ3v) is 2.54. The van der Waals surface area contributed by atoms with E-state index in [-0.39, 0.29) is 36.8 Å². The largest absolute Gasteiger partial charge is 0.368 e. The lowest BCUT2D eigenvalue weighted by molar-refractivity contribution is -0.128. The van der Waals surface area contributed by atoms with Gasteiger partial charge >= 0.3 is 0 Å². The van der Waals surface area contributed by atoms with Gasteiger partial charge in [-0.05, 0) is 26.3 Å². The molecule has 6 heteroatoms. The first kappa shape index (κ1) is 14.2. The SMILES string of the molecule is C[C@H]1NCCC[C@H]1C(=O)NCC(N)=O.Cl. The Morgan fingerprint density at radius 1 is 1.53 bits per heavy atom. The summed E-state index contributed by atoms with van der Waals surface area (Å²) in [6, 6.07) is 0.177. The molecule has 4 N–H and O–H groups in total. The molecule has 1 aliphatic heterocycles. The van der Waals surface area contributed by atoms with E-state index in [0.29, 0.717) is 0 Å². The van der Waals surface area contributed by atoms with E-state index in [1.807, 2.05) is 6.92 Å². The summed E-state index contributed by atoms with van der Waals surface area (Å²) in [4.78, 5) is 22.0. The lowest BCUT2D eigenvalue weighted by atomic mass is 9.91. The van der Waals surface area contributed by atoms with E-state index in [1.54, 1.807) is 0 Å². The maximum atomic E-state index is 11.6. The fourth-order valence-electron chi connectivity index (χ4n) is 1.71. The summed E-state index contributed by atoms with van der Waals surface area (Å²) in [5.41, 5.74) is 4.94. The van der Waals surface area contributed by atoms with Crippen LogP contribution in [0.25, 0.3) is 0 Å². The standard InChI is InChI=1S/C9H17N3O2.ClH/c1-6-7(3-2-4-11-6)9(14)12-5-8(10)13;/h6-7,11H,2-5H2,1H3,(H2,10,13)(H,12,14);1H/t6-,7-;/m1./s1. The molecule has 2 amide bonds. The van der Waals surface area contributed by atoms with Crippen molar-refractivity contribution in [3.63, 3.8) is 0 Å². The minimum Gasteiger partial charge on any atom is -0.368 e. The molecule has 15 heavy (non-hydrogen) atoms. The Kier molecular flexibility index (Phi) is 6.27. The van der Waals surface area contributed by atoms with Crippen molar-refractivity contribution < 1.29 is 9.59 Å². The van der Waals surface area contributed by atoms with Crippen molar-refractivity contribution in [3.8, 4) is 0 Å². The van der Waals surface area contributed by atoms with Gasteiger partial charge in [0.2, 0.25) is 11.8 Å². The maximum absolute atomic E-state index is 11.6. The Morgan fingerprint density at radius 3 is 2.73 bits per heavy atom. The van der Waals surface area contributed by atoms with Crippen LogP contribution in [0.2, 0.25) is 0 Å². The quantitative estimate of drug-likeness (QED) is 0.611. The number of primary amides is 1. The van der Waals surface area contributed by atoms with Gasteiger partial charge in [0, 0.05) is 6.04 Å². The highest BCUT2D eigenvalue weighted by atomic mass is 35.5. The lowest BCUT2D eigenvalue weighted by Gasteiger charge is -2.28. The van der Waals surface area contributed by atoms with Crippen LogP contribution in [0, 0.1) is 5.92 Å². The Labute approximate surface area is 95.6 Å². The molecule has 1 saturated heterocycles. The molecule has 1 rings (SSSR count). The number of nitrogens with one attached hydrogen (secondary N) is 2. The van der Waals surface area contributed by atoms with Crippen LogP contribution in [0.1, 0.15) is 19.8 Å². The second-order valence-electron chi connectivity index (χ2n) is 3.68. The Morgan fingerprint density at radius 2 is 2.20 bits per heavy atom. The van der Waals surface area contributed by atoms with Crippen molar-refractivity contribution in [2.24, 2.45) is 11.7 Å². The van der Waals surface area contributed by atoms with Gasteiger partial charge in [0.25, 0.3) is 0 Å². The van der Waals surface area contributed by atoms with Crippen LogP contribution in [0.3, 0.4) is 0 Å². The Bertz CT molecular complexity index is 235. The van der Waals surface area contributed by atoms with Gasteiger partial charge in [-0.3, -0.25) is 9.59 Å². The van der Waals surface area contributed by atoms with Crippen molar-refractivity contribution in [2.75, 3.05) is 13.1 Å². The van der Waals surface area contributed by atoms with E-state index >= 15 is 0 Å². The van der Waals surface area contributed by atoms with Crippen molar-refractivity contribution in [3.05, 3.63) is 0 Å². The number of rotatable bonds is 3. The highest BCUT2D eigenvalue weighted by molar-refractivity contribution is 5.85. The third-order valence-electron chi connectivity index (χ3n) is 2.54. The van der Waals surface area contributed by atoms with Crippen molar-refractivity contribution in [2.45, 2.75) is 25.8 Å². The summed E-state index contributed by atoms with van der Waals surface area (Å²) in [5, 5.41) is 5.75. The average Bonchev–Trinajstić information content (AvgIpc) is 2.15. The first-order chi connectivity index (χ1) is 6.61. The van der Waals surface area contributed by atoms with Crippen molar-refractivity contribution >= 4 is 24.2 Å². The zero-order chi connectivity index (χ0) is 10.6.